The summed E-state index contributed by atoms with van der Waals surface area (Å²) in [5.41, 5.74) is 1.75. The van der Waals surface area contributed by atoms with Crippen molar-refractivity contribution in [2.75, 3.05) is 70.4 Å². The van der Waals surface area contributed by atoms with Gasteiger partial charge < -0.3 is 19.9 Å². The highest BCUT2D eigenvalue weighted by Gasteiger charge is 2.20. The molecular formula is C24H30N6O2S. The third-order valence-electron chi connectivity index (χ3n) is 6.32. The van der Waals surface area contributed by atoms with Crippen LogP contribution in [-0.2, 0) is 0 Å². The maximum atomic E-state index is 12.6. The molecule has 1 aromatic carbocycles. The molecule has 2 fully saturated rings. The van der Waals surface area contributed by atoms with Crippen LogP contribution < -0.4 is 15.0 Å². The van der Waals surface area contributed by atoms with E-state index in [0.29, 0.717) is 31.3 Å². The molecule has 4 heterocycles. The van der Waals surface area contributed by atoms with Gasteiger partial charge in [0, 0.05) is 80.7 Å². The Bertz CT molecular complexity index is 1080. The van der Waals surface area contributed by atoms with E-state index in [9.17, 15) is 4.79 Å². The van der Waals surface area contributed by atoms with Gasteiger partial charge in [-0.05, 0) is 30.0 Å². The van der Waals surface area contributed by atoms with Crippen LogP contribution >= 0.6 is 11.3 Å². The number of thiophene rings is 1. The number of benzene rings is 1. The van der Waals surface area contributed by atoms with Gasteiger partial charge >= 0.3 is 0 Å². The molecule has 1 amide bonds. The Morgan fingerprint density at radius 3 is 2.76 bits per heavy atom. The Hall–Kier alpha value is -2.75. The first-order valence-corrected chi connectivity index (χ1v) is 12.5. The van der Waals surface area contributed by atoms with E-state index in [2.05, 4.69) is 54.7 Å². The summed E-state index contributed by atoms with van der Waals surface area (Å²) in [5, 5.41) is 6.79. The molecule has 0 aliphatic carbocycles. The second-order valence-electron chi connectivity index (χ2n) is 8.42. The molecule has 3 aromatic rings. The fourth-order valence-electron chi connectivity index (χ4n) is 4.50. The Kier molecular flexibility index (Phi) is 6.99. The number of hydrogen-bond donors (Lipinski definition) is 1. The number of fused-ring (bicyclic) bond motifs is 1. The standard InChI is InChI=1S/C24H30N6O2S/c31-24(30-9-6-25-7-10-30)20-17-23(27-18-26-20)32-15-2-8-28-11-13-29(14-12-28)21-3-1-4-22-19(21)5-16-33-22/h1,3-5,16-18,25H,2,6-15H2. The van der Waals surface area contributed by atoms with Gasteiger partial charge in [0.15, 0.2) is 0 Å². The summed E-state index contributed by atoms with van der Waals surface area (Å²) < 4.78 is 7.19. The average molecular weight is 467 g/mol. The van der Waals surface area contributed by atoms with Crippen LogP contribution in [0, 0.1) is 0 Å². The Balaban J connectivity index is 1.06. The molecule has 9 heteroatoms. The molecule has 33 heavy (non-hydrogen) atoms. The topological polar surface area (TPSA) is 73.8 Å². The van der Waals surface area contributed by atoms with E-state index < -0.39 is 0 Å². The molecular weight excluding hydrogens is 436 g/mol. The zero-order valence-corrected chi connectivity index (χ0v) is 19.6. The van der Waals surface area contributed by atoms with Crippen molar-refractivity contribution in [3.63, 3.8) is 0 Å². The van der Waals surface area contributed by atoms with E-state index >= 15 is 0 Å². The van der Waals surface area contributed by atoms with Crippen LogP contribution in [0.5, 0.6) is 5.88 Å². The van der Waals surface area contributed by atoms with Gasteiger partial charge in [-0.15, -0.1) is 11.3 Å². The summed E-state index contributed by atoms with van der Waals surface area (Å²) in [6.45, 7) is 8.80. The van der Waals surface area contributed by atoms with Crippen molar-refractivity contribution >= 4 is 33.0 Å². The number of piperazine rings is 2. The van der Waals surface area contributed by atoms with Crippen LogP contribution in [0.1, 0.15) is 16.9 Å². The van der Waals surface area contributed by atoms with Gasteiger partial charge in [0.2, 0.25) is 5.88 Å². The predicted molar refractivity (Wildman–Crippen MR) is 131 cm³/mol. The van der Waals surface area contributed by atoms with Crippen molar-refractivity contribution in [1.29, 1.82) is 0 Å². The maximum absolute atomic E-state index is 12.6. The largest absolute Gasteiger partial charge is 0.478 e. The van der Waals surface area contributed by atoms with Gasteiger partial charge in [-0.25, -0.2) is 9.97 Å². The fraction of sp³-hybridized carbons (Fsp3) is 0.458. The van der Waals surface area contributed by atoms with Crippen LogP contribution in [0.15, 0.2) is 42.0 Å². The van der Waals surface area contributed by atoms with Crippen LogP contribution in [0.25, 0.3) is 10.1 Å². The number of amides is 1. The van der Waals surface area contributed by atoms with Crippen molar-refractivity contribution in [2.24, 2.45) is 0 Å². The number of rotatable bonds is 7. The summed E-state index contributed by atoms with van der Waals surface area (Å²) >= 11 is 1.80. The van der Waals surface area contributed by atoms with Crippen molar-refractivity contribution in [1.82, 2.24) is 25.1 Å². The van der Waals surface area contributed by atoms with E-state index in [1.165, 1.54) is 22.1 Å². The normalized spacial score (nSPS) is 17.5. The number of carbonyl (C=O) groups excluding carboxylic acids is 1. The summed E-state index contributed by atoms with van der Waals surface area (Å²) in [6, 6.07) is 10.5. The molecule has 2 aliphatic rings. The molecule has 0 unspecified atom stereocenters. The number of carbonyl (C=O) groups is 1. The Labute approximate surface area is 198 Å². The zero-order chi connectivity index (χ0) is 22.5. The van der Waals surface area contributed by atoms with Crippen molar-refractivity contribution in [3.8, 4) is 5.88 Å². The van der Waals surface area contributed by atoms with E-state index in [1.807, 2.05) is 4.90 Å². The highest BCUT2D eigenvalue weighted by molar-refractivity contribution is 7.17. The lowest BCUT2D eigenvalue weighted by atomic mass is 10.2. The lowest BCUT2D eigenvalue weighted by Crippen LogP contribution is -2.46. The van der Waals surface area contributed by atoms with Gasteiger partial charge in [0.05, 0.1) is 6.61 Å². The Morgan fingerprint density at radius 2 is 1.91 bits per heavy atom. The van der Waals surface area contributed by atoms with Gasteiger partial charge in [0.25, 0.3) is 5.91 Å². The molecule has 5 rings (SSSR count). The molecule has 2 saturated heterocycles. The monoisotopic (exact) mass is 466 g/mol. The molecule has 1 N–H and O–H groups in total. The highest BCUT2D eigenvalue weighted by atomic mass is 32.1. The lowest BCUT2D eigenvalue weighted by Gasteiger charge is -2.36. The van der Waals surface area contributed by atoms with Gasteiger partial charge in [-0.3, -0.25) is 9.69 Å². The number of anilines is 1. The third kappa shape index (κ3) is 5.26. The maximum Gasteiger partial charge on any atom is 0.272 e. The molecule has 8 nitrogen and oxygen atoms in total. The summed E-state index contributed by atoms with van der Waals surface area (Å²) in [6.07, 6.45) is 2.34. The number of ether oxygens (including phenoxy) is 1. The van der Waals surface area contributed by atoms with Gasteiger partial charge in [0.1, 0.15) is 12.0 Å². The van der Waals surface area contributed by atoms with Gasteiger partial charge in [-0.2, -0.15) is 0 Å². The number of hydrogen-bond acceptors (Lipinski definition) is 8. The molecule has 174 valence electrons. The van der Waals surface area contributed by atoms with E-state index in [0.717, 1.165) is 52.2 Å². The summed E-state index contributed by atoms with van der Waals surface area (Å²) in [5.74, 6) is 0.414. The SMILES string of the molecule is O=C(c1cc(OCCCN2CCN(c3cccc4sccc34)CC2)ncn1)N1CCNCC1. The number of aromatic nitrogens is 2. The van der Waals surface area contributed by atoms with Crippen LogP contribution in [0.4, 0.5) is 5.69 Å². The molecule has 0 atom stereocenters. The summed E-state index contributed by atoms with van der Waals surface area (Å²) in [4.78, 5) is 27.8. The second-order valence-corrected chi connectivity index (χ2v) is 9.37. The number of nitrogens with one attached hydrogen (secondary N) is 1. The predicted octanol–water partition coefficient (Wildman–Crippen LogP) is 2.33. The molecule has 0 spiro atoms. The minimum absolute atomic E-state index is 0.0558. The van der Waals surface area contributed by atoms with Crippen molar-refractivity contribution < 1.29 is 9.53 Å². The minimum atomic E-state index is -0.0558. The summed E-state index contributed by atoms with van der Waals surface area (Å²) in [7, 11) is 0. The smallest absolute Gasteiger partial charge is 0.272 e. The second kappa shape index (κ2) is 10.5. The lowest BCUT2D eigenvalue weighted by molar-refractivity contribution is 0.0729. The minimum Gasteiger partial charge on any atom is -0.478 e. The van der Waals surface area contributed by atoms with E-state index in [1.54, 1.807) is 17.4 Å². The van der Waals surface area contributed by atoms with Crippen LogP contribution in [0.3, 0.4) is 0 Å². The van der Waals surface area contributed by atoms with Crippen LogP contribution in [-0.4, -0.2) is 91.2 Å². The molecule has 0 radical (unpaired) electrons. The van der Waals surface area contributed by atoms with E-state index in [4.69, 9.17) is 4.74 Å². The van der Waals surface area contributed by atoms with Crippen molar-refractivity contribution in [2.45, 2.75) is 6.42 Å². The third-order valence-corrected chi connectivity index (χ3v) is 7.20. The van der Waals surface area contributed by atoms with Crippen LogP contribution in [0.2, 0.25) is 0 Å². The molecule has 0 bridgehead atoms. The fourth-order valence-corrected chi connectivity index (χ4v) is 5.30. The molecule has 2 aromatic heterocycles. The first-order chi connectivity index (χ1) is 16.3. The quantitative estimate of drug-likeness (QED) is 0.536. The van der Waals surface area contributed by atoms with E-state index in [-0.39, 0.29) is 5.91 Å². The van der Waals surface area contributed by atoms with Gasteiger partial charge in [-0.1, -0.05) is 6.07 Å². The number of nitrogens with zero attached hydrogens (tertiary/aromatic N) is 5. The highest BCUT2D eigenvalue weighted by Crippen LogP contribution is 2.31. The Morgan fingerprint density at radius 1 is 1.06 bits per heavy atom. The molecule has 2 aliphatic heterocycles. The average Bonchev–Trinajstić information content (AvgIpc) is 3.37. The first kappa shape index (κ1) is 22.1. The zero-order valence-electron chi connectivity index (χ0n) is 18.8. The van der Waals surface area contributed by atoms with Crippen molar-refractivity contribution in [3.05, 3.63) is 47.7 Å². The molecule has 0 saturated carbocycles. The first-order valence-electron chi connectivity index (χ1n) is 11.7.